The highest BCUT2D eigenvalue weighted by molar-refractivity contribution is 6.03. The lowest BCUT2D eigenvalue weighted by Gasteiger charge is -2.42. The zero-order valence-electron chi connectivity index (χ0n) is 21.9. The highest BCUT2D eigenvalue weighted by Crippen LogP contribution is 2.58. The summed E-state index contributed by atoms with van der Waals surface area (Å²) in [4.78, 5) is 21.4. The molecule has 6 rings (SSSR count). The van der Waals surface area contributed by atoms with Crippen LogP contribution in [0.2, 0.25) is 0 Å². The summed E-state index contributed by atoms with van der Waals surface area (Å²) in [5, 5.41) is 13.3. The quantitative estimate of drug-likeness (QED) is 0.288. The van der Waals surface area contributed by atoms with Crippen LogP contribution in [0.3, 0.4) is 0 Å². The number of nitrogens with one attached hydrogen (secondary N) is 3. The number of ether oxygens (including phenoxy) is 1. The largest absolute Gasteiger partial charge is 0.456 e. The lowest BCUT2D eigenvalue weighted by atomic mass is 9.74. The molecule has 1 spiro atoms. The van der Waals surface area contributed by atoms with Gasteiger partial charge in [-0.25, -0.2) is 9.99 Å². The van der Waals surface area contributed by atoms with E-state index in [1.54, 1.807) is 23.6 Å². The molecule has 38 heavy (non-hydrogen) atoms. The molecule has 1 amide bonds. The van der Waals surface area contributed by atoms with E-state index in [9.17, 15) is 4.79 Å². The molecule has 0 aliphatic carbocycles. The topological polar surface area (TPSA) is 94.6 Å². The predicted molar refractivity (Wildman–Crippen MR) is 149 cm³/mol. The van der Waals surface area contributed by atoms with Crippen molar-refractivity contribution < 1.29 is 9.53 Å². The molecule has 0 saturated heterocycles. The van der Waals surface area contributed by atoms with Gasteiger partial charge in [0.15, 0.2) is 0 Å². The van der Waals surface area contributed by atoms with E-state index in [2.05, 4.69) is 60.4 Å². The summed E-state index contributed by atoms with van der Waals surface area (Å²) in [6, 6.07) is 16.1. The number of aromatic amines is 1. The van der Waals surface area contributed by atoms with Gasteiger partial charge in [-0.1, -0.05) is 18.2 Å². The molecule has 0 atom stereocenters. The molecule has 0 saturated carbocycles. The third kappa shape index (κ3) is 3.40. The van der Waals surface area contributed by atoms with Crippen LogP contribution in [0.5, 0.6) is 11.5 Å². The van der Waals surface area contributed by atoms with Gasteiger partial charge in [-0.3, -0.25) is 4.79 Å². The van der Waals surface area contributed by atoms with Gasteiger partial charge in [0, 0.05) is 71.2 Å². The van der Waals surface area contributed by atoms with E-state index in [-0.39, 0.29) is 5.91 Å². The van der Waals surface area contributed by atoms with E-state index in [1.165, 1.54) is 0 Å². The van der Waals surface area contributed by atoms with Crippen molar-refractivity contribution in [2.45, 2.75) is 33.2 Å². The van der Waals surface area contributed by atoms with Crippen molar-refractivity contribution in [2.75, 3.05) is 23.7 Å². The first-order chi connectivity index (χ1) is 18.5. The normalized spacial score (nSPS) is 14.8. The van der Waals surface area contributed by atoms with Crippen molar-refractivity contribution in [3.63, 3.8) is 0 Å². The number of H-pyrrole nitrogens is 1. The first-order valence-electron chi connectivity index (χ1n) is 12.9. The number of aromatic nitrogens is 2. The first-order valence-corrected chi connectivity index (χ1v) is 12.9. The number of hydrazone groups is 1. The second-order valence-corrected chi connectivity index (χ2v) is 9.58. The van der Waals surface area contributed by atoms with Crippen LogP contribution >= 0.6 is 0 Å². The Bertz CT molecular complexity index is 1510. The first kappa shape index (κ1) is 23.8. The van der Waals surface area contributed by atoms with E-state index < -0.39 is 5.54 Å². The van der Waals surface area contributed by atoms with Gasteiger partial charge in [-0.15, -0.1) is 0 Å². The second-order valence-electron chi connectivity index (χ2n) is 9.58. The Balaban J connectivity index is 1.70. The van der Waals surface area contributed by atoms with Gasteiger partial charge in [0.05, 0.1) is 6.21 Å². The number of benzene rings is 3. The summed E-state index contributed by atoms with van der Waals surface area (Å²) in [6.45, 7) is 9.84. The number of imidazole rings is 1. The number of aryl methyl sites for hydroxylation is 2. The Morgan fingerprint density at radius 3 is 2.18 bits per heavy atom. The van der Waals surface area contributed by atoms with Crippen LogP contribution in [-0.2, 0) is 5.54 Å². The van der Waals surface area contributed by atoms with Gasteiger partial charge < -0.3 is 20.4 Å². The molecule has 8 heteroatoms. The van der Waals surface area contributed by atoms with Crippen molar-refractivity contribution in [2.24, 2.45) is 5.10 Å². The summed E-state index contributed by atoms with van der Waals surface area (Å²) in [5.41, 5.74) is 6.31. The minimum Gasteiger partial charge on any atom is -0.456 e. The number of rotatable bonds is 6. The molecule has 2 aliphatic rings. The fraction of sp³-hybridized carbons (Fsp3) is 0.233. The number of nitrogens with zero attached hydrogens (tertiary/aromatic N) is 3. The van der Waals surface area contributed by atoms with Crippen LogP contribution < -0.4 is 15.4 Å². The molecule has 2 aliphatic heterocycles. The van der Waals surface area contributed by atoms with Gasteiger partial charge >= 0.3 is 0 Å². The van der Waals surface area contributed by atoms with E-state index in [1.807, 2.05) is 36.4 Å². The summed E-state index contributed by atoms with van der Waals surface area (Å²) in [5.74, 6) is 1.76. The molecule has 192 valence electrons. The molecule has 0 radical (unpaired) electrons. The van der Waals surface area contributed by atoms with E-state index in [0.29, 0.717) is 22.9 Å². The molecule has 1 aromatic heterocycles. The molecule has 0 bridgehead atoms. The second kappa shape index (κ2) is 9.06. The highest BCUT2D eigenvalue weighted by Gasteiger charge is 2.57. The molecular weight excluding hydrogens is 476 g/mol. The van der Waals surface area contributed by atoms with Crippen molar-refractivity contribution in [1.82, 2.24) is 15.0 Å². The SMILES string of the molecule is CCNc1cc2c(cc1C)C1(c3cc(C)c(NCC)cc3O2)c2ccccc2C(=O)N1/N=C\c1ncc[nH]1. The summed E-state index contributed by atoms with van der Waals surface area (Å²) in [6.07, 6.45) is 4.99. The number of anilines is 2. The van der Waals surface area contributed by atoms with Crippen molar-refractivity contribution in [3.8, 4) is 11.5 Å². The number of amides is 1. The third-order valence-corrected chi connectivity index (χ3v) is 7.26. The van der Waals surface area contributed by atoms with Crippen LogP contribution in [0.4, 0.5) is 11.4 Å². The fourth-order valence-electron chi connectivity index (χ4n) is 5.62. The molecular formula is C30H30N6O2. The zero-order valence-corrected chi connectivity index (χ0v) is 21.9. The maximum absolute atomic E-state index is 14.1. The van der Waals surface area contributed by atoms with Crippen LogP contribution in [0.1, 0.15) is 57.8 Å². The van der Waals surface area contributed by atoms with Gasteiger partial charge in [-0.2, -0.15) is 5.10 Å². The Kier molecular flexibility index (Phi) is 5.67. The molecule has 8 nitrogen and oxygen atoms in total. The average molecular weight is 507 g/mol. The molecule has 3 N–H and O–H groups in total. The molecule has 0 unspecified atom stereocenters. The number of carbonyl (C=O) groups excluding carboxylic acids is 1. The Morgan fingerprint density at radius 2 is 1.61 bits per heavy atom. The summed E-state index contributed by atoms with van der Waals surface area (Å²) in [7, 11) is 0. The van der Waals surface area contributed by atoms with Gasteiger partial charge in [0.25, 0.3) is 5.91 Å². The van der Waals surface area contributed by atoms with Gasteiger partial charge in [0.2, 0.25) is 0 Å². The highest BCUT2D eigenvalue weighted by atomic mass is 16.5. The van der Waals surface area contributed by atoms with Crippen molar-refractivity contribution >= 4 is 23.5 Å². The van der Waals surface area contributed by atoms with E-state index in [4.69, 9.17) is 9.84 Å². The smallest absolute Gasteiger partial charge is 0.275 e. The Morgan fingerprint density at radius 1 is 0.974 bits per heavy atom. The van der Waals surface area contributed by atoms with Crippen molar-refractivity contribution in [1.29, 1.82) is 0 Å². The minimum absolute atomic E-state index is 0.177. The molecule has 0 fully saturated rings. The number of fused-ring (bicyclic) bond motifs is 6. The molecule has 3 heterocycles. The Hall–Kier alpha value is -4.59. The van der Waals surface area contributed by atoms with E-state index in [0.717, 1.165) is 52.3 Å². The number of hydrogen-bond acceptors (Lipinski definition) is 6. The van der Waals surface area contributed by atoms with Gasteiger partial charge in [-0.05, 0) is 57.0 Å². The zero-order chi connectivity index (χ0) is 26.4. The third-order valence-electron chi connectivity index (χ3n) is 7.26. The van der Waals surface area contributed by atoms with Crippen LogP contribution in [0.15, 0.2) is 66.0 Å². The summed E-state index contributed by atoms with van der Waals surface area (Å²) >= 11 is 0. The lowest BCUT2D eigenvalue weighted by molar-refractivity contribution is 0.0675. The van der Waals surface area contributed by atoms with Crippen LogP contribution in [0.25, 0.3) is 0 Å². The molecule has 3 aromatic carbocycles. The maximum atomic E-state index is 14.1. The number of carbonyl (C=O) groups is 1. The maximum Gasteiger partial charge on any atom is 0.275 e. The van der Waals surface area contributed by atoms with Crippen LogP contribution in [-0.4, -0.2) is 40.2 Å². The predicted octanol–water partition coefficient (Wildman–Crippen LogP) is 5.78. The summed E-state index contributed by atoms with van der Waals surface area (Å²) < 4.78 is 6.61. The minimum atomic E-state index is -1.02. The van der Waals surface area contributed by atoms with E-state index >= 15 is 0 Å². The van der Waals surface area contributed by atoms with Gasteiger partial charge in [0.1, 0.15) is 22.9 Å². The molecule has 4 aromatic rings. The fourth-order valence-corrected chi connectivity index (χ4v) is 5.62. The van der Waals surface area contributed by atoms with Crippen molar-refractivity contribution in [3.05, 3.63) is 100 Å². The van der Waals surface area contributed by atoms with Crippen LogP contribution in [0, 0.1) is 13.8 Å². The standard InChI is InChI=1S/C30H30N6O2/c1-5-31-24-15-26-22(13-18(24)3)30(23-14-19(4)25(32-6-2)16-27(23)38-26)21-10-8-7-9-20(21)29(37)36(30)35-17-28-33-11-12-34-28/h7-17,31-32H,5-6H2,1-4H3,(H,33,34)/b35-17-. The average Bonchev–Trinajstić information content (AvgIpc) is 3.51. The monoisotopic (exact) mass is 506 g/mol. The Labute approximate surface area is 221 Å². The number of hydrogen-bond donors (Lipinski definition) is 3. The lowest BCUT2D eigenvalue weighted by Crippen LogP contribution is -2.44.